The van der Waals surface area contributed by atoms with Crippen molar-refractivity contribution in [3.8, 4) is 0 Å². The molecule has 0 heterocycles. The molecular formula is C24H21NO5. The minimum absolute atomic E-state index is 0.00361. The second-order valence-corrected chi connectivity index (χ2v) is 6.69. The van der Waals surface area contributed by atoms with Gasteiger partial charge < -0.3 is 20.0 Å². The van der Waals surface area contributed by atoms with Crippen molar-refractivity contribution in [3.63, 3.8) is 0 Å². The summed E-state index contributed by atoms with van der Waals surface area (Å²) in [5.41, 5.74) is 6.19. The average Bonchev–Trinajstić information content (AvgIpc) is 2.81. The van der Waals surface area contributed by atoms with Crippen LogP contribution in [-0.4, -0.2) is 18.2 Å². The maximum atomic E-state index is 12.5. The van der Waals surface area contributed by atoms with E-state index in [1.807, 2.05) is 48.5 Å². The number of aldehydes is 1. The van der Waals surface area contributed by atoms with Gasteiger partial charge in [0.1, 0.15) is 13.2 Å². The Hall–Kier alpha value is -3.77. The first kappa shape index (κ1) is 21.0. The van der Waals surface area contributed by atoms with Crippen LogP contribution < -0.4 is 5.73 Å². The Kier molecular flexibility index (Phi) is 6.72. The zero-order valence-corrected chi connectivity index (χ0v) is 16.2. The van der Waals surface area contributed by atoms with E-state index in [1.165, 1.54) is 24.3 Å². The van der Waals surface area contributed by atoms with Crippen LogP contribution in [0.4, 0.5) is 0 Å². The summed E-state index contributed by atoms with van der Waals surface area (Å²) in [4.78, 5) is 36.3. The first-order chi connectivity index (χ1) is 14.5. The van der Waals surface area contributed by atoms with Crippen molar-refractivity contribution in [1.82, 2.24) is 0 Å². The fraction of sp³-hybridized carbons (Fsp3) is 0.125. The number of carbonyl (C=O) groups is 3. The number of nitrogens with two attached hydrogens (primary N) is 1. The Morgan fingerprint density at radius 3 is 1.77 bits per heavy atom. The van der Waals surface area contributed by atoms with E-state index in [9.17, 15) is 14.4 Å². The summed E-state index contributed by atoms with van der Waals surface area (Å²) < 4.78 is 10.5. The third kappa shape index (κ3) is 4.98. The SMILES string of the molecule is NC(C=O)(C(=O)OCc1ccccc1)c1ccc(C(=O)OCc2ccccc2)cc1. The number of ether oxygens (including phenoxy) is 2. The molecule has 0 aliphatic carbocycles. The number of benzene rings is 3. The molecule has 0 aliphatic heterocycles. The molecular weight excluding hydrogens is 382 g/mol. The predicted octanol–water partition coefficient (Wildman–Crippen LogP) is 3.14. The summed E-state index contributed by atoms with van der Waals surface area (Å²) >= 11 is 0. The highest BCUT2D eigenvalue weighted by Gasteiger charge is 2.38. The second kappa shape index (κ2) is 9.62. The molecule has 3 aromatic rings. The van der Waals surface area contributed by atoms with Crippen LogP contribution in [0.1, 0.15) is 27.0 Å². The van der Waals surface area contributed by atoms with Gasteiger partial charge in [0.25, 0.3) is 0 Å². The van der Waals surface area contributed by atoms with Crippen LogP contribution in [0.5, 0.6) is 0 Å². The number of hydrogen-bond donors (Lipinski definition) is 1. The first-order valence-electron chi connectivity index (χ1n) is 9.31. The smallest absolute Gasteiger partial charge is 0.338 e. The van der Waals surface area contributed by atoms with E-state index in [4.69, 9.17) is 15.2 Å². The number of esters is 2. The fourth-order valence-corrected chi connectivity index (χ4v) is 2.77. The highest BCUT2D eigenvalue weighted by molar-refractivity contribution is 5.99. The minimum atomic E-state index is -1.97. The van der Waals surface area contributed by atoms with Crippen molar-refractivity contribution in [3.05, 3.63) is 107 Å². The van der Waals surface area contributed by atoms with E-state index in [0.717, 1.165) is 11.1 Å². The molecule has 0 amide bonds. The van der Waals surface area contributed by atoms with Crippen LogP contribution in [-0.2, 0) is 37.8 Å². The van der Waals surface area contributed by atoms with Gasteiger partial charge in [-0.15, -0.1) is 0 Å². The van der Waals surface area contributed by atoms with E-state index < -0.39 is 17.5 Å². The fourth-order valence-electron chi connectivity index (χ4n) is 2.77. The van der Waals surface area contributed by atoms with Crippen LogP contribution in [0.15, 0.2) is 84.9 Å². The predicted molar refractivity (Wildman–Crippen MR) is 110 cm³/mol. The van der Waals surface area contributed by atoms with Gasteiger partial charge >= 0.3 is 11.9 Å². The first-order valence-corrected chi connectivity index (χ1v) is 9.31. The quantitative estimate of drug-likeness (QED) is 0.353. The summed E-state index contributed by atoms with van der Waals surface area (Å²) in [5.74, 6) is -1.40. The lowest BCUT2D eigenvalue weighted by Crippen LogP contribution is -2.47. The summed E-state index contributed by atoms with van der Waals surface area (Å²) in [6.07, 6.45) is 0.336. The van der Waals surface area contributed by atoms with E-state index in [0.29, 0.717) is 6.29 Å². The monoisotopic (exact) mass is 403 g/mol. The lowest BCUT2D eigenvalue weighted by Gasteiger charge is -2.21. The molecule has 3 rings (SSSR count). The van der Waals surface area contributed by atoms with Crippen molar-refractivity contribution >= 4 is 18.2 Å². The highest BCUT2D eigenvalue weighted by atomic mass is 16.5. The number of rotatable bonds is 8. The summed E-state index contributed by atoms with van der Waals surface area (Å²) in [6.45, 7) is 0.138. The number of carbonyl (C=O) groups excluding carboxylic acids is 3. The van der Waals surface area contributed by atoms with Gasteiger partial charge in [-0.2, -0.15) is 0 Å². The van der Waals surface area contributed by atoms with Crippen molar-refractivity contribution in [2.45, 2.75) is 18.8 Å². The highest BCUT2D eigenvalue weighted by Crippen LogP contribution is 2.20. The van der Waals surface area contributed by atoms with Crippen molar-refractivity contribution in [1.29, 1.82) is 0 Å². The maximum Gasteiger partial charge on any atom is 0.338 e. The van der Waals surface area contributed by atoms with Gasteiger partial charge in [0.15, 0.2) is 11.8 Å². The third-order valence-corrected chi connectivity index (χ3v) is 4.55. The Morgan fingerprint density at radius 2 is 1.27 bits per heavy atom. The topological polar surface area (TPSA) is 95.7 Å². The summed E-state index contributed by atoms with van der Waals surface area (Å²) in [7, 11) is 0. The normalized spacial score (nSPS) is 12.4. The zero-order chi connectivity index (χ0) is 21.4. The molecule has 1 unspecified atom stereocenters. The Balaban J connectivity index is 1.65. The van der Waals surface area contributed by atoms with E-state index in [2.05, 4.69) is 0 Å². The molecule has 0 aliphatic rings. The molecule has 1 atom stereocenters. The van der Waals surface area contributed by atoms with E-state index in [-0.39, 0.29) is 24.3 Å². The second-order valence-electron chi connectivity index (χ2n) is 6.69. The Labute approximate surface area is 174 Å². The van der Waals surface area contributed by atoms with Crippen LogP contribution in [0, 0.1) is 0 Å². The third-order valence-electron chi connectivity index (χ3n) is 4.55. The van der Waals surface area contributed by atoms with Gasteiger partial charge in [0.05, 0.1) is 5.56 Å². The minimum Gasteiger partial charge on any atom is -0.459 e. The lowest BCUT2D eigenvalue weighted by molar-refractivity contribution is -0.153. The number of hydrogen-bond acceptors (Lipinski definition) is 6. The van der Waals surface area contributed by atoms with Gasteiger partial charge in [0, 0.05) is 0 Å². The molecule has 0 saturated heterocycles. The van der Waals surface area contributed by atoms with Gasteiger partial charge in [-0.3, -0.25) is 0 Å². The van der Waals surface area contributed by atoms with Gasteiger partial charge in [-0.05, 0) is 28.8 Å². The molecule has 0 aromatic heterocycles. The summed E-state index contributed by atoms with van der Waals surface area (Å²) in [6, 6.07) is 24.1. The Bertz CT molecular complexity index is 1000. The molecule has 0 fully saturated rings. The summed E-state index contributed by atoms with van der Waals surface area (Å²) in [5, 5.41) is 0. The molecule has 0 spiro atoms. The van der Waals surface area contributed by atoms with Crippen LogP contribution >= 0.6 is 0 Å². The van der Waals surface area contributed by atoms with Gasteiger partial charge in [-0.25, -0.2) is 9.59 Å². The molecule has 0 bridgehead atoms. The van der Waals surface area contributed by atoms with Crippen molar-refractivity contribution < 1.29 is 23.9 Å². The van der Waals surface area contributed by atoms with Crippen LogP contribution in [0.25, 0.3) is 0 Å². The van der Waals surface area contributed by atoms with Crippen molar-refractivity contribution in [2.75, 3.05) is 0 Å². The Morgan fingerprint density at radius 1 is 0.767 bits per heavy atom. The lowest BCUT2D eigenvalue weighted by atomic mass is 9.92. The molecule has 30 heavy (non-hydrogen) atoms. The van der Waals surface area contributed by atoms with Crippen molar-refractivity contribution in [2.24, 2.45) is 5.73 Å². The van der Waals surface area contributed by atoms with E-state index in [1.54, 1.807) is 12.1 Å². The molecule has 3 aromatic carbocycles. The largest absolute Gasteiger partial charge is 0.459 e. The average molecular weight is 403 g/mol. The molecule has 0 saturated carbocycles. The molecule has 6 heteroatoms. The molecule has 2 N–H and O–H groups in total. The standard InChI is InChI=1S/C24H21NO5/c25-24(17-26,23(28)30-16-19-9-5-2-6-10-19)21-13-11-20(12-14-21)22(27)29-15-18-7-3-1-4-8-18/h1-14,17H,15-16,25H2. The van der Waals surface area contributed by atoms with Crippen LogP contribution in [0.2, 0.25) is 0 Å². The van der Waals surface area contributed by atoms with Gasteiger partial charge in [-0.1, -0.05) is 72.8 Å². The zero-order valence-electron chi connectivity index (χ0n) is 16.2. The molecule has 0 radical (unpaired) electrons. The molecule has 6 nitrogen and oxygen atoms in total. The maximum absolute atomic E-state index is 12.5. The van der Waals surface area contributed by atoms with E-state index >= 15 is 0 Å². The van der Waals surface area contributed by atoms with Gasteiger partial charge in [0.2, 0.25) is 0 Å². The molecule has 152 valence electrons. The van der Waals surface area contributed by atoms with Crippen LogP contribution in [0.3, 0.4) is 0 Å².